The molecule has 0 aliphatic rings. The molecule has 0 spiro atoms. The Morgan fingerprint density at radius 1 is 1.11 bits per heavy atom. The summed E-state index contributed by atoms with van der Waals surface area (Å²) in [6, 6.07) is 8.93. The second kappa shape index (κ2) is 8.47. The molecule has 2 rings (SSSR count). The van der Waals surface area contributed by atoms with E-state index in [0.29, 0.717) is 0 Å². The first-order valence-electron chi connectivity index (χ1n) is 7.95. The van der Waals surface area contributed by atoms with Crippen molar-refractivity contribution in [3.63, 3.8) is 0 Å². The topological polar surface area (TPSA) is 67.4 Å². The Morgan fingerprint density at radius 2 is 1.75 bits per heavy atom. The van der Waals surface area contributed by atoms with Gasteiger partial charge in [-0.2, -0.15) is 13.2 Å². The van der Waals surface area contributed by atoms with E-state index >= 15 is 0 Å². The van der Waals surface area contributed by atoms with E-state index in [9.17, 15) is 27.2 Å². The Hall–Kier alpha value is -2.81. The number of nitrogens with one attached hydrogen (secondary N) is 2. The zero-order valence-corrected chi connectivity index (χ0v) is 15.2. The average Bonchev–Trinajstić information content (AvgIpc) is 2.62. The maximum atomic E-state index is 14.0. The van der Waals surface area contributed by atoms with Crippen LogP contribution in [-0.2, 0) is 9.53 Å². The second-order valence-electron chi connectivity index (χ2n) is 5.56. The lowest BCUT2D eigenvalue weighted by Crippen LogP contribution is -2.69. The van der Waals surface area contributed by atoms with Crippen LogP contribution in [0, 0.1) is 5.82 Å². The first kappa shape index (κ1) is 21.5. The fourth-order valence-electron chi connectivity index (χ4n) is 2.25. The van der Waals surface area contributed by atoms with E-state index in [1.165, 1.54) is 25.1 Å². The standard InChI is InChI=1S/C18H15ClF4N2O3/c1-2-28-16(27)17(18(21,22)23,24-14-8-6-13(20)7-9-14)25-15(26)11-4-3-5-12(19)10-11/h3-10,24H,2H2,1H3,(H,25,26)/t17-/m1/s1. The number of hydrogen-bond donors (Lipinski definition) is 2. The van der Waals surface area contributed by atoms with Gasteiger partial charge in [0.2, 0.25) is 0 Å². The van der Waals surface area contributed by atoms with Gasteiger partial charge in [0.1, 0.15) is 5.82 Å². The predicted octanol–water partition coefficient (Wildman–Crippen LogP) is 4.14. The Bertz CT molecular complexity index is 859. The highest BCUT2D eigenvalue weighted by Crippen LogP contribution is 2.33. The fraction of sp³-hybridized carbons (Fsp3) is 0.222. The molecule has 0 heterocycles. The number of amides is 1. The van der Waals surface area contributed by atoms with Gasteiger partial charge in [-0.15, -0.1) is 0 Å². The monoisotopic (exact) mass is 418 g/mol. The highest BCUT2D eigenvalue weighted by Gasteiger charge is 2.63. The molecule has 10 heteroatoms. The number of rotatable bonds is 6. The van der Waals surface area contributed by atoms with Gasteiger partial charge in [-0.3, -0.25) is 4.79 Å². The summed E-state index contributed by atoms with van der Waals surface area (Å²) in [6.45, 7) is 0.949. The number of halogens is 5. The van der Waals surface area contributed by atoms with Gasteiger partial charge in [-0.25, -0.2) is 9.18 Å². The van der Waals surface area contributed by atoms with Crippen molar-refractivity contribution < 1.29 is 31.9 Å². The van der Waals surface area contributed by atoms with Crippen LogP contribution < -0.4 is 10.6 Å². The minimum Gasteiger partial charge on any atom is -0.463 e. The quantitative estimate of drug-likeness (QED) is 0.420. The number of hydrogen-bond acceptors (Lipinski definition) is 4. The Morgan fingerprint density at radius 3 is 2.29 bits per heavy atom. The van der Waals surface area contributed by atoms with Gasteiger partial charge in [-0.05, 0) is 49.4 Å². The van der Waals surface area contributed by atoms with Crippen LogP contribution >= 0.6 is 11.6 Å². The van der Waals surface area contributed by atoms with Crippen molar-refractivity contribution in [2.45, 2.75) is 18.8 Å². The normalized spacial score (nSPS) is 13.4. The number of carbonyl (C=O) groups excluding carboxylic acids is 2. The summed E-state index contributed by atoms with van der Waals surface area (Å²) < 4.78 is 59.6. The SMILES string of the molecule is CCOC(=O)[C@](NC(=O)c1cccc(Cl)c1)(Nc1ccc(F)cc1)C(F)(F)F. The van der Waals surface area contributed by atoms with E-state index < -0.39 is 29.5 Å². The van der Waals surface area contributed by atoms with Crippen LogP contribution in [0.15, 0.2) is 48.5 Å². The van der Waals surface area contributed by atoms with Crippen LogP contribution in [0.2, 0.25) is 5.02 Å². The first-order chi connectivity index (χ1) is 13.1. The number of alkyl halides is 3. The molecule has 0 radical (unpaired) electrons. The Balaban J connectivity index is 2.50. The van der Waals surface area contributed by atoms with Gasteiger partial charge in [-0.1, -0.05) is 17.7 Å². The van der Waals surface area contributed by atoms with Crippen molar-refractivity contribution in [3.8, 4) is 0 Å². The zero-order valence-electron chi connectivity index (χ0n) is 14.4. The van der Waals surface area contributed by atoms with Crippen molar-refractivity contribution in [3.05, 3.63) is 64.9 Å². The fourth-order valence-corrected chi connectivity index (χ4v) is 2.44. The van der Waals surface area contributed by atoms with Gasteiger partial charge < -0.3 is 15.4 Å². The molecule has 150 valence electrons. The van der Waals surface area contributed by atoms with Crippen LogP contribution in [0.25, 0.3) is 0 Å². The highest BCUT2D eigenvalue weighted by molar-refractivity contribution is 6.31. The van der Waals surface area contributed by atoms with E-state index in [-0.39, 0.29) is 22.9 Å². The zero-order chi connectivity index (χ0) is 20.9. The van der Waals surface area contributed by atoms with E-state index in [1.54, 1.807) is 5.32 Å². The number of benzene rings is 2. The van der Waals surface area contributed by atoms with Crippen LogP contribution in [0.5, 0.6) is 0 Å². The van der Waals surface area contributed by atoms with Gasteiger partial charge >= 0.3 is 17.8 Å². The van der Waals surface area contributed by atoms with E-state index in [4.69, 9.17) is 11.6 Å². The lowest BCUT2D eigenvalue weighted by molar-refractivity contribution is -0.204. The number of esters is 1. The van der Waals surface area contributed by atoms with Gasteiger partial charge in [0.25, 0.3) is 5.91 Å². The highest BCUT2D eigenvalue weighted by atomic mass is 35.5. The maximum Gasteiger partial charge on any atom is 0.441 e. The lowest BCUT2D eigenvalue weighted by Gasteiger charge is -2.35. The van der Waals surface area contributed by atoms with Crippen molar-refractivity contribution in [2.24, 2.45) is 0 Å². The largest absolute Gasteiger partial charge is 0.463 e. The summed E-state index contributed by atoms with van der Waals surface area (Å²) in [5.41, 5.74) is -4.08. The van der Waals surface area contributed by atoms with Crippen molar-refractivity contribution in [1.82, 2.24) is 5.32 Å². The van der Waals surface area contributed by atoms with E-state index in [1.807, 2.05) is 5.32 Å². The summed E-state index contributed by atoms with van der Waals surface area (Å²) in [7, 11) is 0. The molecular weight excluding hydrogens is 404 g/mol. The van der Waals surface area contributed by atoms with E-state index in [2.05, 4.69) is 4.74 Å². The second-order valence-corrected chi connectivity index (χ2v) is 6.00. The molecule has 1 atom stereocenters. The smallest absolute Gasteiger partial charge is 0.441 e. The third-order valence-electron chi connectivity index (χ3n) is 3.57. The van der Waals surface area contributed by atoms with E-state index in [0.717, 1.165) is 30.3 Å². The first-order valence-corrected chi connectivity index (χ1v) is 8.32. The van der Waals surface area contributed by atoms with Crippen LogP contribution in [0.3, 0.4) is 0 Å². The number of carbonyl (C=O) groups is 2. The molecule has 0 fully saturated rings. The molecule has 28 heavy (non-hydrogen) atoms. The summed E-state index contributed by atoms with van der Waals surface area (Å²) in [6.07, 6.45) is -5.30. The number of anilines is 1. The Labute approximate surface area is 162 Å². The van der Waals surface area contributed by atoms with Gasteiger partial charge in [0, 0.05) is 16.3 Å². The number of ether oxygens (including phenoxy) is 1. The minimum absolute atomic E-state index is 0.118. The molecule has 0 unspecified atom stereocenters. The average molecular weight is 419 g/mol. The molecule has 2 aromatic carbocycles. The summed E-state index contributed by atoms with van der Waals surface area (Å²) >= 11 is 5.76. The molecule has 0 bridgehead atoms. The third kappa shape index (κ3) is 4.72. The van der Waals surface area contributed by atoms with Crippen molar-refractivity contribution in [2.75, 3.05) is 11.9 Å². The minimum atomic E-state index is -5.30. The molecule has 5 nitrogen and oxygen atoms in total. The molecule has 1 amide bonds. The lowest BCUT2D eigenvalue weighted by atomic mass is 10.1. The maximum absolute atomic E-state index is 14.0. The molecule has 0 aromatic heterocycles. The predicted molar refractivity (Wildman–Crippen MR) is 94.4 cm³/mol. The van der Waals surface area contributed by atoms with Crippen LogP contribution in [-0.4, -0.2) is 30.3 Å². The van der Waals surface area contributed by atoms with Crippen LogP contribution in [0.1, 0.15) is 17.3 Å². The molecular formula is C18H15ClF4N2O3. The van der Waals surface area contributed by atoms with Gasteiger partial charge in [0.05, 0.1) is 6.61 Å². The van der Waals surface area contributed by atoms with Crippen molar-refractivity contribution >= 4 is 29.2 Å². The molecule has 0 aliphatic carbocycles. The molecule has 0 aliphatic heterocycles. The summed E-state index contributed by atoms with van der Waals surface area (Å²) in [5, 5.41) is 3.71. The molecule has 2 N–H and O–H groups in total. The van der Waals surface area contributed by atoms with Crippen molar-refractivity contribution in [1.29, 1.82) is 0 Å². The molecule has 0 saturated heterocycles. The van der Waals surface area contributed by atoms with Gasteiger partial charge in [0.15, 0.2) is 0 Å². The molecule has 2 aromatic rings. The Kier molecular flexibility index (Phi) is 6.50. The van der Waals surface area contributed by atoms with Crippen LogP contribution in [0.4, 0.5) is 23.2 Å². The molecule has 0 saturated carbocycles. The summed E-state index contributed by atoms with van der Waals surface area (Å²) in [4.78, 5) is 24.7. The third-order valence-corrected chi connectivity index (χ3v) is 3.81. The summed E-state index contributed by atoms with van der Waals surface area (Å²) in [5.74, 6) is -3.69.